The number of hydrogen-bond donors (Lipinski definition) is 2. The number of benzene rings is 3. The normalized spacial score (nSPS) is 15.2. The molecule has 6 rings (SSSR count). The molecule has 5 aromatic rings. The maximum atomic E-state index is 16.7. The number of nitriles is 2. The van der Waals surface area contributed by atoms with Gasteiger partial charge in [0.25, 0.3) is 0 Å². The Morgan fingerprint density at radius 3 is 2.60 bits per heavy atom. The molecule has 2 heterocycles. The van der Waals surface area contributed by atoms with Crippen LogP contribution in [-0.2, 0) is 0 Å². The average Bonchev–Trinajstić information content (AvgIpc) is 3.77. The van der Waals surface area contributed by atoms with E-state index in [2.05, 4.69) is 38.1 Å². The zero-order valence-electron chi connectivity index (χ0n) is 23.6. The van der Waals surface area contributed by atoms with Crippen LogP contribution in [0.5, 0.6) is 0 Å². The molecule has 8 nitrogen and oxygen atoms in total. The molecule has 42 heavy (non-hydrogen) atoms. The van der Waals surface area contributed by atoms with Crippen LogP contribution in [0.3, 0.4) is 0 Å². The molecule has 1 saturated carbocycles. The third kappa shape index (κ3) is 5.23. The predicted octanol–water partition coefficient (Wildman–Crippen LogP) is 7.46. The van der Waals surface area contributed by atoms with Crippen molar-refractivity contribution in [2.45, 2.75) is 44.3 Å². The maximum Gasteiger partial charge on any atom is 0.157 e. The van der Waals surface area contributed by atoms with Crippen molar-refractivity contribution in [1.82, 2.24) is 20.0 Å². The van der Waals surface area contributed by atoms with E-state index < -0.39 is 11.8 Å². The lowest BCUT2D eigenvalue weighted by molar-refractivity contribution is 0.610. The Morgan fingerprint density at radius 1 is 1.10 bits per heavy atom. The van der Waals surface area contributed by atoms with E-state index in [4.69, 9.17) is 11.6 Å². The van der Waals surface area contributed by atoms with Gasteiger partial charge < -0.3 is 10.6 Å². The fourth-order valence-electron chi connectivity index (χ4n) is 4.98. The number of halogens is 2. The summed E-state index contributed by atoms with van der Waals surface area (Å²) in [4.78, 5) is 4.31. The molecule has 2 aromatic heterocycles. The van der Waals surface area contributed by atoms with Crippen molar-refractivity contribution in [3.63, 3.8) is 0 Å². The molecule has 2 N–H and O–H groups in total. The van der Waals surface area contributed by atoms with E-state index in [-0.39, 0.29) is 50.6 Å². The molecular formula is C32H26ClFN8. The number of nitrogens with one attached hydrogen (secondary N) is 2. The number of anilines is 2. The summed E-state index contributed by atoms with van der Waals surface area (Å²) in [7, 11) is 0. The van der Waals surface area contributed by atoms with Gasteiger partial charge in [-0.3, -0.25) is 4.98 Å². The molecule has 0 radical (unpaired) electrons. The average molecular weight is 578 g/mol. The van der Waals surface area contributed by atoms with Gasteiger partial charge in [0.2, 0.25) is 0 Å². The summed E-state index contributed by atoms with van der Waals surface area (Å²) in [6, 6.07) is 19.9. The first-order chi connectivity index (χ1) is 20.9. The van der Waals surface area contributed by atoms with E-state index in [1.54, 1.807) is 35.1 Å². The predicted molar refractivity (Wildman–Crippen MR) is 159 cm³/mol. The van der Waals surface area contributed by atoms with Crippen molar-refractivity contribution in [3.8, 4) is 12.1 Å². The fraction of sp³-hybridized carbons (Fsp3) is 0.219. The first-order valence-electron chi connectivity index (χ1n) is 14.1. The van der Waals surface area contributed by atoms with E-state index in [9.17, 15) is 11.9 Å². The van der Waals surface area contributed by atoms with E-state index in [1.807, 2.05) is 37.3 Å². The van der Waals surface area contributed by atoms with Gasteiger partial charge in [-0.15, -0.1) is 5.10 Å². The molecule has 208 valence electrons. The first kappa shape index (κ1) is 25.9. The van der Waals surface area contributed by atoms with Crippen LogP contribution in [0.25, 0.3) is 10.9 Å². The summed E-state index contributed by atoms with van der Waals surface area (Å²) in [6.07, 6.45) is 5.63. The van der Waals surface area contributed by atoms with E-state index in [0.29, 0.717) is 17.5 Å². The Bertz CT molecular complexity index is 1910. The second-order valence-electron chi connectivity index (χ2n) is 10.1. The third-order valence-corrected chi connectivity index (χ3v) is 7.60. The molecule has 0 bridgehead atoms. The van der Waals surface area contributed by atoms with Crippen molar-refractivity contribution in [1.29, 1.82) is 10.5 Å². The Kier molecular flexibility index (Phi) is 7.09. The Labute approximate surface area is 248 Å². The molecule has 10 heteroatoms. The summed E-state index contributed by atoms with van der Waals surface area (Å²) in [5.74, 6) is -0.739. The van der Waals surface area contributed by atoms with E-state index >= 15 is 4.39 Å². The summed E-state index contributed by atoms with van der Waals surface area (Å²) in [5.41, 5.74) is 2.39. The highest BCUT2D eigenvalue weighted by Crippen LogP contribution is 2.40. The van der Waals surface area contributed by atoms with Crippen LogP contribution in [0.1, 0.15) is 73.6 Å². The molecule has 1 aliphatic carbocycles. The SMILES string of the molecule is [2H]C(Nc1cc(Cl)c2ncc(C#N)c(NC(CC)c3ccccc3)c2c1F)(c1cccc(C#N)c1)c1cn(C2CC2)nn1. The van der Waals surface area contributed by atoms with Crippen LogP contribution in [0.2, 0.25) is 5.02 Å². The smallest absolute Gasteiger partial charge is 0.157 e. The summed E-state index contributed by atoms with van der Waals surface area (Å²) in [5, 5.41) is 34.6. The number of hydrogen-bond acceptors (Lipinski definition) is 7. The van der Waals surface area contributed by atoms with Gasteiger partial charge in [-0.1, -0.05) is 66.2 Å². The fourth-order valence-corrected chi connectivity index (χ4v) is 5.23. The first-order valence-corrected chi connectivity index (χ1v) is 14.0. The van der Waals surface area contributed by atoms with Crippen LogP contribution >= 0.6 is 11.6 Å². The second-order valence-corrected chi connectivity index (χ2v) is 10.5. The highest BCUT2D eigenvalue weighted by Gasteiger charge is 2.28. The molecule has 0 aliphatic heterocycles. The molecule has 2 unspecified atom stereocenters. The van der Waals surface area contributed by atoms with Crippen molar-refractivity contribution in [2.24, 2.45) is 0 Å². The highest BCUT2D eigenvalue weighted by atomic mass is 35.5. The maximum absolute atomic E-state index is 16.7. The van der Waals surface area contributed by atoms with Crippen LogP contribution < -0.4 is 10.6 Å². The van der Waals surface area contributed by atoms with Crippen molar-refractivity contribution in [3.05, 3.63) is 112 Å². The lowest BCUT2D eigenvalue weighted by Crippen LogP contribution is -2.15. The van der Waals surface area contributed by atoms with Gasteiger partial charge >= 0.3 is 0 Å². The molecule has 0 amide bonds. The summed E-state index contributed by atoms with van der Waals surface area (Å²) >= 11 is 6.70. The molecule has 1 aliphatic rings. The molecule has 0 saturated heterocycles. The minimum absolute atomic E-state index is 0.0261. The van der Waals surface area contributed by atoms with Crippen molar-refractivity contribution < 1.29 is 5.76 Å². The van der Waals surface area contributed by atoms with Crippen LogP contribution in [-0.4, -0.2) is 20.0 Å². The number of pyridine rings is 1. The van der Waals surface area contributed by atoms with Gasteiger partial charge in [0, 0.05) is 6.20 Å². The van der Waals surface area contributed by atoms with Crippen LogP contribution in [0.15, 0.2) is 73.1 Å². The number of fused-ring (bicyclic) bond motifs is 1. The minimum atomic E-state index is -1.85. The summed E-state index contributed by atoms with van der Waals surface area (Å²) in [6.45, 7) is 2.00. The number of aromatic nitrogens is 4. The van der Waals surface area contributed by atoms with Crippen molar-refractivity contribution in [2.75, 3.05) is 10.6 Å². The molecule has 1 fully saturated rings. The Hall–Kier alpha value is -4.99. The van der Waals surface area contributed by atoms with Crippen molar-refractivity contribution >= 4 is 33.9 Å². The molecular weight excluding hydrogens is 551 g/mol. The molecule has 3 aromatic carbocycles. The Balaban J connectivity index is 1.51. The van der Waals surface area contributed by atoms with Gasteiger partial charge in [-0.05, 0) is 48.6 Å². The minimum Gasteiger partial charge on any atom is -0.376 e. The zero-order valence-corrected chi connectivity index (χ0v) is 23.4. The quantitative estimate of drug-likeness (QED) is 0.187. The van der Waals surface area contributed by atoms with Crippen LogP contribution in [0.4, 0.5) is 15.8 Å². The topological polar surface area (TPSA) is 115 Å². The van der Waals surface area contributed by atoms with E-state index in [1.165, 1.54) is 12.3 Å². The second kappa shape index (κ2) is 11.5. The lowest BCUT2D eigenvalue weighted by atomic mass is 10.00. The monoisotopic (exact) mass is 577 g/mol. The zero-order chi connectivity index (χ0) is 30.1. The largest absolute Gasteiger partial charge is 0.376 e. The number of nitrogens with zero attached hydrogens (tertiary/aromatic N) is 6. The van der Waals surface area contributed by atoms with E-state index in [0.717, 1.165) is 18.4 Å². The Morgan fingerprint density at radius 2 is 1.88 bits per heavy atom. The van der Waals surface area contributed by atoms with Gasteiger partial charge in [0.15, 0.2) is 5.82 Å². The summed E-state index contributed by atoms with van der Waals surface area (Å²) < 4.78 is 28.1. The number of rotatable bonds is 9. The third-order valence-electron chi connectivity index (χ3n) is 7.31. The lowest BCUT2D eigenvalue weighted by Gasteiger charge is -2.23. The van der Waals surface area contributed by atoms with Gasteiger partial charge in [-0.2, -0.15) is 10.5 Å². The molecule has 2 atom stereocenters. The highest BCUT2D eigenvalue weighted by molar-refractivity contribution is 6.36. The van der Waals surface area contributed by atoms with Gasteiger partial charge in [-0.25, -0.2) is 9.07 Å². The standard InChI is InChI=1S/C32H26ClFN8/c1-2-25(20-8-4-3-5-9-20)38-31-22(16-36)17-37-32-24(33)14-26(29(34)28(31)32)39-30(21-10-6-7-19(13-21)15-35)27-18-42(41-40-27)23-11-12-23/h3-10,13-14,17-18,23,25,30,39H,2,11-12H2,1H3,(H,37,38)/i30D. The molecule has 0 spiro atoms. The van der Waals surface area contributed by atoms with Gasteiger partial charge in [0.05, 0.1) is 70.2 Å². The van der Waals surface area contributed by atoms with Gasteiger partial charge in [0.1, 0.15) is 11.8 Å². The van der Waals surface area contributed by atoms with Crippen LogP contribution in [0, 0.1) is 28.5 Å².